The van der Waals surface area contributed by atoms with Gasteiger partial charge in [0, 0.05) is 18.0 Å². The topological polar surface area (TPSA) is 32.3 Å². The van der Waals surface area contributed by atoms with E-state index >= 15 is 0 Å². The number of halogens is 1. The summed E-state index contributed by atoms with van der Waals surface area (Å²) in [6.45, 7) is 5.81. The van der Waals surface area contributed by atoms with Crippen LogP contribution in [0.5, 0.6) is 0 Å². The predicted octanol–water partition coefficient (Wildman–Crippen LogP) is 2.67. The highest BCUT2D eigenvalue weighted by atomic mass is 35.5. The zero-order valence-corrected chi connectivity index (χ0v) is 10.9. The molecule has 1 atom stereocenters. The molecule has 0 spiro atoms. The second-order valence-electron chi connectivity index (χ2n) is 3.99. The van der Waals surface area contributed by atoms with Gasteiger partial charge in [-0.15, -0.1) is 23.7 Å². The highest BCUT2D eigenvalue weighted by Gasteiger charge is 2.05. The van der Waals surface area contributed by atoms with E-state index in [1.165, 1.54) is 4.88 Å². The molecule has 0 amide bonds. The van der Waals surface area contributed by atoms with Gasteiger partial charge in [0.25, 0.3) is 0 Å². The van der Waals surface area contributed by atoms with Gasteiger partial charge in [0.15, 0.2) is 0 Å². The minimum atomic E-state index is -0.213. The monoisotopic (exact) mass is 249 g/mol. The lowest BCUT2D eigenvalue weighted by Crippen LogP contribution is -2.27. The van der Waals surface area contributed by atoms with E-state index in [9.17, 15) is 5.11 Å². The van der Waals surface area contributed by atoms with Crippen LogP contribution in [-0.4, -0.2) is 17.8 Å². The fraction of sp³-hybridized carbons (Fsp3) is 0.636. The SMILES string of the molecule is CC(C)CC(O)CNCc1cccs1.Cl. The fourth-order valence-electron chi connectivity index (χ4n) is 1.40. The van der Waals surface area contributed by atoms with Gasteiger partial charge in [-0.25, -0.2) is 0 Å². The van der Waals surface area contributed by atoms with Crippen molar-refractivity contribution in [2.75, 3.05) is 6.54 Å². The molecule has 4 heteroatoms. The number of rotatable bonds is 6. The minimum Gasteiger partial charge on any atom is -0.392 e. The van der Waals surface area contributed by atoms with Gasteiger partial charge in [0.05, 0.1) is 6.10 Å². The van der Waals surface area contributed by atoms with Gasteiger partial charge < -0.3 is 10.4 Å². The lowest BCUT2D eigenvalue weighted by molar-refractivity contribution is 0.146. The summed E-state index contributed by atoms with van der Waals surface area (Å²) in [5.74, 6) is 0.563. The number of hydrogen-bond acceptors (Lipinski definition) is 3. The van der Waals surface area contributed by atoms with Crippen molar-refractivity contribution >= 4 is 23.7 Å². The summed E-state index contributed by atoms with van der Waals surface area (Å²) in [4.78, 5) is 1.32. The Kier molecular flexibility index (Phi) is 8.06. The molecule has 0 radical (unpaired) electrons. The Bertz CT molecular complexity index is 239. The van der Waals surface area contributed by atoms with Gasteiger partial charge in [-0.1, -0.05) is 19.9 Å². The summed E-state index contributed by atoms with van der Waals surface area (Å²) in [5.41, 5.74) is 0. The molecule has 0 saturated carbocycles. The first-order chi connectivity index (χ1) is 6.68. The molecule has 1 rings (SSSR count). The molecule has 1 aromatic rings. The molecular formula is C11H20ClNOS. The first kappa shape index (κ1) is 14.9. The maximum Gasteiger partial charge on any atom is 0.0667 e. The lowest BCUT2D eigenvalue weighted by Gasteiger charge is -2.13. The molecule has 1 unspecified atom stereocenters. The van der Waals surface area contributed by atoms with Gasteiger partial charge in [-0.05, 0) is 23.8 Å². The van der Waals surface area contributed by atoms with Crippen LogP contribution in [0.4, 0.5) is 0 Å². The number of aliphatic hydroxyl groups is 1. The number of thiophene rings is 1. The predicted molar refractivity (Wildman–Crippen MR) is 68.7 cm³/mol. The van der Waals surface area contributed by atoms with Crippen LogP contribution >= 0.6 is 23.7 Å². The van der Waals surface area contributed by atoms with E-state index in [4.69, 9.17) is 0 Å². The molecular weight excluding hydrogens is 230 g/mol. The second-order valence-corrected chi connectivity index (χ2v) is 5.03. The highest BCUT2D eigenvalue weighted by Crippen LogP contribution is 2.08. The Labute approximate surface area is 102 Å². The normalized spacial score (nSPS) is 12.5. The average Bonchev–Trinajstić information content (AvgIpc) is 2.55. The Morgan fingerprint density at radius 2 is 2.20 bits per heavy atom. The minimum absolute atomic E-state index is 0. The molecule has 1 heterocycles. The summed E-state index contributed by atoms with van der Waals surface area (Å²) < 4.78 is 0. The standard InChI is InChI=1S/C11H19NOS.ClH/c1-9(2)6-10(13)7-12-8-11-4-3-5-14-11;/h3-5,9-10,12-13H,6-8H2,1-2H3;1H. The third-order valence-electron chi connectivity index (χ3n) is 2.00. The Morgan fingerprint density at radius 3 is 2.73 bits per heavy atom. The first-order valence-corrected chi connectivity index (χ1v) is 5.97. The third-order valence-corrected chi connectivity index (χ3v) is 2.88. The number of nitrogens with one attached hydrogen (secondary N) is 1. The van der Waals surface area contributed by atoms with Crippen LogP contribution in [0.25, 0.3) is 0 Å². The molecule has 0 saturated heterocycles. The van der Waals surface area contributed by atoms with Crippen molar-refractivity contribution in [3.8, 4) is 0 Å². The van der Waals surface area contributed by atoms with Gasteiger partial charge in [0.2, 0.25) is 0 Å². The van der Waals surface area contributed by atoms with E-state index in [1.54, 1.807) is 11.3 Å². The average molecular weight is 250 g/mol. The largest absolute Gasteiger partial charge is 0.392 e. The molecule has 0 fully saturated rings. The van der Waals surface area contributed by atoms with Crippen LogP contribution < -0.4 is 5.32 Å². The summed E-state index contributed by atoms with van der Waals surface area (Å²) >= 11 is 1.74. The van der Waals surface area contributed by atoms with Crippen LogP contribution in [0.3, 0.4) is 0 Å². The van der Waals surface area contributed by atoms with E-state index in [1.807, 2.05) is 6.07 Å². The van der Waals surface area contributed by atoms with Crippen LogP contribution in [0.15, 0.2) is 17.5 Å². The molecule has 15 heavy (non-hydrogen) atoms. The van der Waals surface area contributed by atoms with E-state index < -0.39 is 0 Å². The molecule has 1 aromatic heterocycles. The van der Waals surface area contributed by atoms with E-state index in [0.29, 0.717) is 12.5 Å². The third kappa shape index (κ3) is 6.90. The highest BCUT2D eigenvalue weighted by molar-refractivity contribution is 7.09. The van der Waals surface area contributed by atoms with E-state index in [0.717, 1.165) is 13.0 Å². The van der Waals surface area contributed by atoms with Crippen molar-refractivity contribution in [3.63, 3.8) is 0 Å². The smallest absolute Gasteiger partial charge is 0.0667 e. The quantitative estimate of drug-likeness (QED) is 0.813. The van der Waals surface area contributed by atoms with E-state index in [-0.39, 0.29) is 18.5 Å². The Morgan fingerprint density at radius 1 is 1.47 bits per heavy atom. The summed E-state index contributed by atoms with van der Waals surface area (Å²) in [7, 11) is 0. The van der Waals surface area contributed by atoms with Crippen LogP contribution in [0, 0.1) is 5.92 Å². The molecule has 2 nitrogen and oxygen atoms in total. The van der Waals surface area contributed by atoms with Crippen molar-refractivity contribution in [2.45, 2.75) is 32.9 Å². The molecule has 0 aliphatic rings. The summed E-state index contributed by atoms with van der Waals surface area (Å²) in [5, 5.41) is 14.9. The molecule has 88 valence electrons. The fourth-order valence-corrected chi connectivity index (χ4v) is 2.08. The number of hydrogen-bond donors (Lipinski definition) is 2. The maximum atomic E-state index is 9.59. The van der Waals surface area contributed by atoms with Crippen molar-refractivity contribution < 1.29 is 5.11 Å². The summed E-state index contributed by atoms with van der Waals surface area (Å²) in [6, 6.07) is 4.15. The lowest BCUT2D eigenvalue weighted by atomic mass is 10.1. The first-order valence-electron chi connectivity index (χ1n) is 5.09. The van der Waals surface area contributed by atoms with Crippen molar-refractivity contribution in [3.05, 3.63) is 22.4 Å². The van der Waals surface area contributed by atoms with Crippen LogP contribution in [-0.2, 0) is 6.54 Å². The Hall–Kier alpha value is -0.0900. The maximum absolute atomic E-state index is 9.59. The van der Waals surface area contributed by atoms with Crippen LogP contribution in [0.2, 0.25) is 0 Å². The Balaban J connectivity index is 0.00000196. The van der Waals surface area contributed by atoms with Crippen LogP contribution in [0.1, 0.15) is 25.1 Å². The van der Waals surface area contributed by atoms with Crippen molar-refractivity contribution in [1.82, 2.24) is 5.32 Å². The van der Waals surface area contributed by atoms with Gasteiger partial charge in [-0.2, -0.15) is 0 Å². The van der Waals surface area contributed by atoms with Crippen molar-refractivity contribution in [1.29, 1.82) is 0 Å². The molecule has 0 bridgehead atoms. The zero-order chi connectivity index (χ0) is 10.4. The molecule has 2 N–H and O–H groups in total. The van der Waals surface area contributed by atoms with Gasteiger partial charge >= 0.3 is 0 Å². The summed E-state index contributed by atoms with van der Waals surface area (Å²) in [6.07, 6.45) is 0.659. The van der Waals surface area contributed by atoms with Gasteiger partial charge in [-0.3, -0.25) is 0 Å². The molecule has 0 aromatic carbocycles. The molecule has 0 aliphatic heterocycles. The van der Waals surface area contributed by atoms with Gasteiger partial charge in [0.1, 0.15) is 0 Å². The zero-order valence-electron chi connectivity index (χ0n) is 9.27. The van der Waals surface area contributed by atoms with Crippen molar-refractivity contribution in [2.24, 2.45) is 5.92 Å². The second kappa shape index (κ2) is 8.11. The number of aliphatic hydroxyl groups excluding tert-OH is 1. The van der Waals surface area contributed by atoms with E-state index in [2.05, 4.69) is 30.6 Å². The molecule has 0 aliphatic carbocycles.